The first-order valence-electron chi connectivity index (χ1n) is 6.20. The van der Waals surface area contributed by atoms with Gasteiger partial charge in [-0.1, -0.05) is 0 Å². The van der Waals surface area contributed by atoms with Gasteiger partial charge in [-0.05, 0) is 31.2 Å². The molecule has 2 rings (SSSR count). The minimum atomic E-state index is -0.340. The Balaban J connectivity index is 1.99. The summed E-state index contributed by atoms with van der Waals surface area (Å²) in [6.45, 7) is 2.76. The molecule has 3 amide bonds. The third kappa shape index (κ3) is 3.21. The summed E-state index contributed by atoms with van der Waals surface area (Å²) >= 11 is 0. The summed E-state index contributed by atoms with van der Waals surface area (Å²) in [5.41, 5.74) is 0.645. The van der Waals surface area contributed by atoms with Crippen molar-refractivity contribution in [2.24, 2.45) is 0 Å². The maximum atomic E-state index is 12.8. The fraction of sp³-hybridized carbons (Fsp3) is 0.385. The number of rotatable bonds is 3. The second-order valence-electron chi connectivity index (χ2n) is 4.39. The number of anilines is 1. The van der Waals surface area contributed by atoms with Crippen LogP contribution in [0.1, 0.15) is 13.3 Å². The molecule has 0 aromatic heterocycles. The molecule has 0 aliphatic carbocycles. The zero-order valence-electron chi connectivity index (χ0n) is 10.6. The number of urea groups is 1. The van der Waals surface area contributed by atoms with Crippen LogP contribution in [0.2, 0.25) is 0 Å². The van der Waals surface area contributed by atoms with Crippen molar-refractivity contribution >= 4 is 17.6 Å². The number of amides is 3. The van der Waals surface area contributed by atoms with Gasteiger partial charge in [0.1, 0.15) is 5.82 Å². The summed E-state index contributed by atoms with van der Waals surface area (Å²) in [5.74, 6) is -0.416. The van der Waals surface area contributed by atoms with Crippen LogP contribution in [0, 0.1) is 5.82 Å². The first-order chi connectivity index (χ1) is 9.10. The smallest absolute Gasteiger partial charge is 0.315 e. The molecule has 1 aliphatic rings. The van der Waals surface area contributed by atoms with Crippen LogP contribution in [0.5, 0.6) is 0 Å². The first-order valence-corrected chi connectivity index (χ1v) is 6.20. The van der Waals surface area contributed by atoms with Crippen molar-refractivity contribution < 1.29 is 14.0 Å². The minimum Gasteiger partial charge on any atom is -0.338 e. The first kappa shape index (κ1) is 13.3. The second kappa shape index (κ2) is 5.69. The highest BCUT2D eigenvalue weighted by Gasteiger charge is 2.31. The van der Waals surface area contributed by atoms with E-state index in [0.29, 0.717) is 18.8 Å². The van der Waals surface area contributed by atoms with Gasteiger partial charge in [0.15, 0.2) is 0 Å². The fourth-order valence-electron chi connectivity index (χ4n) is 2.07. The quantitative estimate of drug-likeness (QED) is 0.864. The van der Waals surface area contributed by atoms with E-state index in [0.717, 1.165) is 0 Å². The standard InChI is InChI=1S/C13H16FN3O2/c1-2-15-13(19)16-10-7-12(18)17(8-10)11-5-3-9(14)4-6-11/h3-6,10H,2,7-8H2,1H3,(H2,15,16,19)/t10-/m0/s1. The molecule has 1 aromatic rings. The largest absolute Gasteiger partial charge is 0.338 e. The lowest BCUT2D eigenvalue weighted by molar-refractivity contribution is -0.117. The van der Waals surface area contributed by atoms with Crippen LogP contribution in [0.25, 0.3) is 0 Å². The highest BCUT2D eigenvalue weighted by molar-refractivity contribution is 5.96. The van der Waals surface area contributed by atoms with Gasteiger partial charge in [0, 0.05) is 25.2 Å². The number of nitrogens with one attached hydrogen (secondary N) is 2. The van der Waals surface area contributed by atoms with Gasteiger partial charge in [0.25, 0.3) is 0 Å². The van der Waals surface area contributed by atoms with E-state index in [1.54, 1.807) is 17.0 Å². The Morgan fingerprint density at radius 2 is 2.11 bits per heavy atom. The molecule has 5 nitrogen and oxygen atoms in total. The molecule has 1 atom stereocenters. The Morgan fingerprint density at radius 3 is 2.74 bits per heavy atom. The highest BCUT2D eigenvalue weighted by atomic mass is 19.1. The molecule has 0 radical (unpaired) electrons. The van der Waals surface area contributed by atoms with Crippen LogP contribution in [0.4, 0.5) is 14.9 Å². The molecule has 0 bridgehead atoms. The van der Waals surface area contributed by atoms with Crippen molar-refractivity contribution in [3.8, 4) is 0 Å². The van der Waals surface area contributed by atoms with Crippen molar-refractivity contribution in [2.45, 2.75) is 19.4 Å². The summed E-state index contributed by atoms with van der Waals surface area (Å²) in [4.78, 5) is 24.8. The number of hydrogen-bond acceptors (Lipinski definition) is 2. The van der Waals surface area contributed by atoms with Gasteiger partial charge >= 0.3 is 6.03 Å². The predicted octanol–water partition coefficient (Wildman–Crippen LogP) is 1.25. The topological polar surface area (TPSA) is 61.4 Å². The lowest BCUT2D eigenvalue weighted by Crippen LogP contribution is -2.43. The zero-order valence-corrected chi connectivity index (χ0v) is 10.6. The van der Waals surface area contributed by atoms with Gasteiger partial charge in [0.05, 0.1) is 6.04 Å². The van der Waals surface area contributed by atoms with E-state index in [2.05, 4.69) is 10.6 Å². The van der Waals surface area contributed by atoms with Crippen molar-refractivity contribution in [1.82, 2.24) is 10.6 Å². The third-order valence-electron chi connectivity index (χ3n) is 2.94. The van der Waals surface area contributed by atoms with Crippen molar-refractivity contribution in [3.63, 3.8) is 0 Å². The Hall–Kier alpha value is -2.11. The van der Waals surface area contributed by atoms with Crippen molar-refractivity contribution in [3.05, 3.63) is 30.1 Å². The zero-order chi connectivity index (χ0) is 13.8. The van der Waals surface area contributed by atoms with Crippen LogP contribution in [0.3, 0.4) is 0 Å². The van der Waals surface area contributed by atoms with E-state index in [1.165, 1.54) is 12.1 Å². The molecule has 0 saturated carbocycles. The van der Waals surface area contributed by atoms with Crippen LogP contribution in [-0.2, 0) is 4.79 Å². The number of benzene rings is 1. The van der Waals surface area contributed by atoms with Gasteiger partial charge in [0.2, 0.25) is 5.91 Å². The molecule has 1 aliphatic heterocycles. The summed E-state index contributed by atoms with van der Waals surface area (Å²) in [7, 11) is 0. The monoisotopic (exact) mass is 265 g/mol. The molecule has 2 N–H and O–H groups in total. The van der Waals surface area contributed by atoms with Gasteiger partial charge < -0.3 is 15.5 Å². The Labute approximate surface area is 110 Å². The molecule has 0 spiro atoms. The molecule has 19 heavy (non-hydrogen) atoms. The minimum absolute atomic E-state index is 0.0755. The molecular weight excluding hydrogens is 249 g/mol. The van der Waals surface area contributed by atoms with Gasteiger partial charge in [-0.3, -0.25) is 4.79 Å². The maximum Gasteiger partial charge on any atom is 0.315 e. The number of halogens is 1. The third-order valence-corrected chi connectivity index (χ3v) is 2.94. The molecule has 0 unspecified atom stereocenters. The SMILES string of the molecule is CCNC(=O)N[C@H]1CC(=O)N(c2ccc(F)cc2)C1. The molecule has 1 aromatic carbocycles. The van der Waals surface area contributed by atoms with Crippen LogP contribution in [0.15, 0.2) is 24.3 Å². The second-order valence-corrected chi connectivity index (χ2v) is 4.39. The van der Waals surface area contributed by atoms with Crippen molar-refractivity contribution in [1.29, 1.82) is 0 Å². The van der Waals surface area contributed by atoms with E-state index in [4.69, 9.17) is 0 Å². The molecule has 1 fully saturated rings. The number of hydrogen-bond donors (Lipinski definition) is 2. The van der Waals surface area contributed by atoms with E-state index in [-0.39, 0.29) is 30.2 Å². The predicted molar refractivity (Wildman–Crippen MR) is 69.4 cm³/mol. The van der Waals surface area contributed by atoms with E-state index < -0.39 is 0 Å². The maximum absolute atomic E-state index is 12.8. The average molecular weight is 265 g/mol. The average Bonchev–Trinajstić information content (AvgIpc) is 2.71. The van der Waals surface area contributed by atoms with Crippen molar-refractivity contribution in [2.75, 3.05) is 18.0 Å². The van der Waals surface area contributed by atoms with Crippen LogP contribution >= 0.6 is 0 Å². The van der Waals surface area contributed by atoms with Gasteiger partial charge in [-0.2, -0.15) is 0 Å². The summed E-state index contributed by atoms with van der Waals surface area (Å²) in [6, 6.07) is 5.24. The Bertz CT molecular complexity index is 475. The fourth-order valence-corrected chi connectivity index (χ4v) is 2.07. The normalized spacial score (nSPS) is 18.5. The molecule has 102 valence electrons. The molecule has 6 heteroatoms. The van der Waals surface area contributed by atoms with Crippen LogP contribution < -0.4 is 15.5 Å². The highest BCUT2D eigenvalue weighted by Crippen LogP contribution is 2.21. The molecular formula is C13H16FN3O2. The lowest BCUT2D eigenvalue weighted by atomic mass is 10.2. The van der Waals surface area contributed by atoms with E-state index in [9.17, 15) is 14.0 Å². The summed E-state index contributed by atoms with van der Waals surface area (Å²) in [5, 5.41) is 5.35. The molecule has 1 heterocycles. The lowest BCUT2D eigenvalue weighted by Gasteiger charge is -2.17. The Morgan fingerprint density at radius 1 is 1.42 bits per heavy atom. The van der Waals surface area contributed by atoms with Crippen LogP contribution in [-0.4, -0.2) is 31.1 Å². The van der Waals surface area contributed by atoms with Gasteiger partial charge in [-0.15, -0.1) is 0 Å². The summed E-state index contributed by atoms with van der Waals surface area (Å²) in [6.07, 6.45) is 0.258. The number of nitrogens with zero attached hydrogens (tertiary/aromatic N) is 1. The van der Waals surface area contributed by atoms with E-state index >= 15 is 0 Å². The molecule has 1 saturated heterocycles. The van der Waals surface area contributed by atoms with E-state index in [1.807, 2.05) is 6.92 Å². The number of carbonyl (C=O) groups excluding carboxylic acids is 2. The summed E-state index contributed by atoms with van der Waals surface area (Å²) < 4.78 is 12.8. The number of carbonyl (C=O) groups is 2. The Kier molecular flexibility index (Phi) is 3.99. The van der Waals surface area contributed by atoms with Gasteiger partial charge in [-0.25, -0.2) is 9.18 Å².